The number of aryl methyl sites for hydroxylation is 2. The molecule has 0 aromatic heterocycles. The van der Waals surface area contributed by atoms with Crippen molar-refractivity contribution in [2.24, 2.45) is 0 Å². The Kier molecular flexibility index (Phi) is 5.15. The third-order valence-electron chi connectivity index (χ3n) is 2.40. The van der Waals surface area contributed by atoms with Gasteiger partial charge in [-0.1, -0.05) is 17.7 Å². The number of benzene rings is 1. The zero-order chi connectivity index (χ0) is 14.8. The van der Waals surface area contributed by atoms with Crippen LogP contribution in [0.3, 0.4) is 0 Å². The Bertz CT molecular complexity index is 615. The van der Waals surface area contributed by atoms with Crippen LogP contribution in [0, 0.1) is 13.8 Å². The summed E-state index contributed by atoms with van der Waals surface area (Å²) < 4.78 is 29.8. The summed E-state index contributed by atoms with van der Waals surface area (Å²) in [6, 6.07) is 5.22. The second-order valence-electron chi connectivity index (χ2n) is 4.20. The Morgan fingerprint density at radius 3 is 2.42 bits per heavy atom. The van der Waals surface area contributed by atoms with Gasteiger partial charge in [-0.3, -0.25) is 0 Å². The number of hydrogen-bond donors (Lipinski definition) is 1. The van der Waals surface area contributed by atoms with Crippen molar-refractivity contribution in [2.75, 3.05) is 16.9 Å². The van der Waals surface area contributed by atoms with Crippen LogP contribution in [-0.4, -0.2) is 26.2 Å². The smallest absolute Gasteiger partial charge is 0.301 e. The molecule has 1 aromatic rings. The first kappa shape index (κ1) is 16.6. The van der Waals surface area contributed by atoms with Crippen molar-refractivity contribution in [1.82, 2.24) is 0 Å². The second-order valence-corrected chi connectivity index (χ2v) is 9.37. The van der Waals surface area contributed by atoms with E-state index in [1.54, 1.807) is 26.0 Å². The Morgan fingerprint density at radius 2 is 2.00 bits per heavy atom. The van der Waals surface area contributed by atoms with Crippen LogP contribution in [-0.2, 0) is 26.4 Å². The summed E-state index contributed by atoms with van der Waals surface area (Å²) in [7, 11) is -3.73. The summed E-state index contributed by atoms with van der Waals surface area (Å²) in [5, 5.41) is 0. The van der Waals surface area contributed by atoms with Crippen molar-refractivity contribution >= 4 is 34.2 Å². The highest BCUT2D eigenvalue weighted by molar-refractivity contribution is 8.17. The molecule has 0 bridgehead atoms. The summed E-state index contributed by atoms with van der Waals surface area (Å²) in [5.41, 5.74) is 2.07. The monoisotopic (exact) mass is 323 g/mol. The van der Waals surface area contributed by atoms with Gasteiger partial charge in [0, 0.05) is 0 Å². The summed E-state index contributed by atoms with van der Waals surface area (Å²) in [6.45, 7) is 1.85. The molecule has 0 aliphatic carbocycles. The molecule has 5 nitrogen and oxygen atoms in total. The van der Waals surface area contributed by atoms with E-state index in [-0.39, 0.29) is 6.61 Å². The van der Waals surface area contributed by atoms with Gasteiger partial charge in [0.25, 0.3) is 0 Å². The first-order valence-electron chi connectivity index (χ1n) is 5.65. The van der Waals surface area contributed by atoms with E-state index in [0.717, 1.165) is 15.9 Å². The molecule has 1 atom stereocenters. The van der Waals surface area contributed by atoms with Gasteiger partial charge >= 0.3 is 6.64 Å². The molecule has 1 N–H and O–H groups in total. The highest BCUT2D eigenvalue weighted by atomic mass is 32.5. The molecule has 0 amide bonds. The number of nitrogens with zero attached hydrogens (tertiary/aromatic N) is 1. The van der Waals surface area contributed by atoms with Crippen LogP contribution in [0.25, 0.3) is 0 Å². The Hall–Kier alpha value is -0.460. The van der Waals surface area contributed by atoms with Crippen LogP contribution >= 0.6 is 6.64 Å². The SMILES string of the molecule is CCOP(O)(=S)N(c1ccc(C)cc1C)S(C)(=O)=O. The van der Waals surface area contributed by atoms with Gasteiger partial charge in [0.05, 0.1) is 18.6 Å². The van der Waals surface area contributed by atoms with Gasteiger partial charge in [-0.25, -0.2) is 8.42 Å². The minimum atomic E-state index is -3.73. The van der Waals surface area contributed by atoms with Crippen LogP contribution < -0.4 is 4.08 Å². The van der Waals surface area contributed by atoms with Gasteiger partial charge in [0.15, 0.2) is 0 Å². The zero-order valence-corrected chi connectivity index (χ0v) is 13.8. The van der Waals surface area contributed by atoms with E-state index in [4.69, 9.17) is 16.3 Å². The molecular formula is C11H18NO4PS2. The topological polar surface area (TPSA) is 66.8 Å². The average molecular weight is 323 g/mol. The van der Waals surface area contributed by atoms with E-state index < -0.39 is 16.7 Å². The summed E-state index contributed by atoms with van der Waals surface area (Å²) >= 11 is 4.98. The van der Waals surface area contributed by atoms with Crippen molar-refractivity contribution in [3.63, 3.8) is 0 Å². The largest absolute Gasteiger partial charge is 0.329 e. The fraction of sp³-hybridized carbons (Fsp3) is 0.455. The lowest BCUT2D eigenvalue weighted by molar-refractivity contribution is 0.328. The summed E-state index contributed by atoms with van der Waals surface area (Å²) in [4.78, 5) is 10.2. The second kappa shape index (κ2) is 5.89. The zero-order valence-electron chi connectivity index (χ0n) is 11.3. The molecule has 0 heterocycles. The maximum Gasteiger partial charge on any atom is 0.301 e. The first-order chi connectivity index (χ1) is 8.59. The first-order valence-corrected chi connectivity index (χ1v) is 10.1. The molecule has 0 aliphatic heterocycles. The summed E-state index contributed by atoms with van der Waals surface area (Å²) in [5.74, 6) is 0. The normalized spacial score (nSPS) is 15.0. The molecule has 108 valence electrons. The van der Waals surface area contributed by atoms with E-state index in [0.29, 0.717) is 11.3 Å². The van der Waals surface area contributed by atoms with E-state index in [9.17, 15) is 13.3 Å². The van der Waals surface area contributed by atoms with Gasteiger partial charge in [-0.2, -0.15) is 4.08 Å². The van der Waals surface area contributed by atoms with Crippen molar-refractivity contribution in [2.45, 2.75) is 20.8 Å². The van der Waals surface area contributed by atoms with E-state index in [1.807, 2.05) is 13.0 Å². The molecule has 1 unspecified atom stereocenters. The lowest BCUT2D eigenvalue weighted by Gasteiger charge is -2.30. The van der Waals surface area contributed by atoms with Gasteiger partial charge in [0.1, 0.15) is 0 Å². The van der Waals surface area contributed by atoms with Crippen LogP contribution in [0.5, 0.6) is 0 Å². The number of hydrogen-bond acceptors (Lipinski definition) is 4. The van der Waals surface area contributed by atoms with Crippen LogP contribution in [0.15, 0.2) is 18.2 Å². The van der Waals surface area contributed by atoms with Crippen molar-refractivity contribution in [3.8, 4) is 0 Å². The average Bonchev–Trinajstić information content (AvgIpc) is 2.19. The minimum Gasteiger partial charge on any atom is -0.329 e. The summed E-state index contributed by atoms with van der Waals surface area (Å²) in [6.07, 6.45) is 1.00. The lowest BCUT2D eigenvalue weighted by Crippen LogP contribution is -2.28. The Labute approximate surface area is 119 Å². The maximum absolute atomic E-state index is 11.9. The molecule has 0 fully saturated rings. The van der Waals surface area contributed by atoms with Crippen LogP contribution in [0.4, 0.5) is 5.69 Å². The number of sulfonamides is 1. The molecule has 0 radical (unpaired) electrons. The minimum absolute atomic E-state index is 0.144. The molecule has 0 spiro atoms. The third-order valence-corrected chi connectivity index (χ3v) is 7.16. The number of rotatable bonds is 5. The predicted molar refractivity (Wildman–Crippen MR) is 81.4 cm³/mol. The standard InChI is InChI=1S/C11H18NO4PS2/c1-5-16-17(13,18)12(19(4,14)15)11-7-6-9(2)8-10(11)3/h6-8H,5H2,1-4H3,(H,13,18). The molecule has 0 aliphatic rings. The van der Waals surface area contributed by atoms with Gasteiger partial charge in [-0.15, -0.1) is 0 Å². The van der Waals surface area contributed by atoms with Crippen molar-refractivity contribution in [1.29, 1.82) is 0 Å². The highest BCUT2D eigenvalue weighted by Crippen LogP contribution is 2.51. The van der Waals surface area contributed by atoms with Crippen molar-refractivity contribution < 1.29 is 17.8 Å². The number of anilines is 1. The van der Waals surface area contributed by atoms with Crippen molar-refractivity contribution in [3.05, 3.63) is 29.3 Å². The molecular weight excluding hydrogens is 305 g/mol. The molecule has 8 heteroatoms. The molecule has 1 aromatic carbocycles. The Morgan fingerprint density at radius 1 is 1.42 bits per heavy atom. The van der Waals surface area contributed by atoms with Crippen LogP contribution in [0.1, 0.15) is 18.1 Å². The molecule has 0 saturated heterocycles. The quantitative estimate of drug-likeness (QED) is 0.842. The lowest BCUT2D eigenvalue weighted by atomic mass is 10.1. The van der Waals surface area contributed by atoms with Gasteiger partial charge < -0.3 is 9.42 Å². The van der Waals surface area contributed by atoms with Crippen LogP contribution in [0.2, 0.25) is 0 Å². The van der Waals surface area contributed by atoms with E-state index >= 15 is 0 Å². The fourth-order valence-corrected chi connectivity index (χ4v) is 6.55. The Balaban J connectivity index is 3.46. The van der Waals surface area contributed by atoms with Gasteiger partial charge in [0.2, 0.25) is 10.0 Å². The van der Waals surface area contributed by atoms with Gasteiger partial charge in [-0.05, 0) is 44.2 Å². The highest BCUT2D eigenvalue weighted by Gasteiger charge is 2.33. The van der Waals surface area contributed by atoms with E-state index in [1.165, 1.54) is 0 Å². The molecule has 19 heavy (non-hydrogen) atoms. The third kappa shape index (κ3) is 4.00. The predicted octanol–water partition coefficient (Wildman–Crippen LogP) is 2.32. The molecule has 1 rings (SSSR count). The molecule has 0 saturated carbocycles. The fourth-order valence-electron chi connectivity index (χ4n) is 1.74. The maximum atomic E-state index is 11.9. The van der Waals surface area contributed by atoms with E-state index in [2.05, 4.69) is 0 Å².